The second-order valence-electron chi connectivity index (χ2n) is 9.92. The zero-order valence-electron chi connectivity index (χ0n) is 18.2. The van der Waals surface area contributed by atoms with E-state index in [1.54, 1.807) is 0 Å². The molecule has 5 nitrogen and oxygen atoms in total. The number of esters is 1. The first-order valence-corrected chi connectivity index (χ1v) is 11.6. The highest BCUT2D eigenvalue weighted by Crippen LogP contribution is 2.56. The summed E-state index contributed by atoms with van der Waals surface area (Å²) >= 11 is 0. The molecule has 30 heavy (non-hydrogen) atoms. The van der Waals surface area contributed by atoms with Crippen molar-refractivity contribution in [3.63, 3.8) is 0 Å². The van der Waals surface area contributed by atoms with Gasteiger partial charge in [0.1, 0.15) is 6.10 Å². The third kappa shape index (κ3) is 3.18. The summed E-state index contributed by atoms with van der Waals surface area (Å²) in [5.41, 5.74) is 2.34. The number of benzene rings is 1. The minimum Gasteiger partial charge on any atom is -0.461 e. The number of fused-ring (bicyclic) bond motifs is 2. The normalized spacial score (nSPS) is 39.2. The zero-order valence-corrected chi connectivity index (χ0v) is 18.2. The van der Waals surface area contributed by atoms with Gasteiger partial charge in [-0.15, -0.1) is 0 Å². The van der Waals surface area contributed by atoms with Crippen molar-refractivity contribution in [1.82, 2.24) is 4.90 Å². The molecule has 4 aliphatic rings. The van der Waals surface area contributed by atoms with E-state index in [-0.39, 0.29) is 29.3 Å². The molecule has 6 atom stereocenters. The molecule has 5 heteroatoms. The number of aliphatic hydroxyl groups excluding tert-OH is 1. The molecular formula is C25H34N2O3. The average Bonchev–Trinajstić information content (AvgIpc) is 3.07. The Morgan fingerprint density at radius 3 is 2.63 bits per heavy atom. The van der Waals surface area contributed by atoms with E-state index in [1.807, 2.05) is 6.07 Å². The highest BCUT2D eigenvalue weighted by atomic mass is 16.6. The fourth-order valence-corrected chi connectivity index (χ4v) is 6.38. The van der Waals surface area contributed by atoms with Crippen molar-refractivity contribution in [2.45, 2.75) is 45.3 Å². The van der Waals surface area contributed by atoms with Gasteiger partial charge in [-0.05, 0) is 30.9 Å². The Balaban J connectivity index is 1.28. The molecule has 1 aromatic carbocycles. The number of ether oxygens (including phenoxy) is 1. The van der Waals surface area contributed by atoms with E-state index in [9.17, 15) is 9.90 Å². The quantitative estimate of drug-likeness (QED) is 0.613. The molecule has 2 aliphatic heterocycles. The molecule has 1 aromatic rings. The summed E-state index contributed by atoms with van der Waals surface area (Å²) in [6, 6.07) is 10.5. The van der Waals surface area contributed by atoms with Crippen molar-refractivity contribution in [1.29, 1.82) is 0 Å². The molecule has 0 spiro atoms. The molecule has 3 unspecified atom stereocenters. The van der Waals surface area contributed by atoms with Crippen LogP contribution in [0.15, 0.2) is 42.0 Å². The van der Waals surface area contributed by atoms with Gasteiger partial charge in [0, 0.05) is 56.2 Å². The number of carbonyl (C=O) groups is 1. The van der Waals surface area contributed by atoms with Crippen LogP contribution in [0.4, 0.5) is 5.69 Å². The third-order valence-electron chi connectivity index (χ3n) is 8.52. The van der Waals surface area contributed by atoms with Crippen LogP contribution in [0, 0.1) is 23.2 Å². The largest absolute Gasteiger partial charge is 0.461 e. The predicted octanol–water partition coefficient (Wildman–Crippen LogP) is 3.09. The fraction of sp³-hybridized carbons (Fsp3) is 0.640. The number of carbonyl (C=O) groups excluding carboxylic acids is 1. The van der Waals surface area contributed by atoms with Crippen LogP contribution in [0.3, 0.4) is 0 Å². The number of hydrogen-bond acceptors (Lipinski definition) is 5. The standard InChI is InChI=1S/C25H34N2O3/c1-17-7-6-8-18-15-21-22(23(28)25(17,18)2)20(24(29)30-21)16-26-11-13-27(14-12-26)19-9-4-3-5-10-19/h3-5,8-10,17,20-23,28H,6-7,11-16H2,1-2H3/t17?,20?,21-,22-,23?,25-/m1/s1. The average molecular weight is 411 g/mol. The summed E-state index contributed by atoms with van der Waals surface area (Å²) in [4.78, 5) is 17.6. The van der Waals surface area contributed by atoms with E-state index >= 15 is 0 Å². The van der Waals surface area contributed by atoms with Crippen LogP contribution in [-0.4, -0.2) is 60.9 Å². The maximum Gasteiger partial charge on any atom is 0.311 e. The number of aliphatic hydroxyl groups is 1. The lowest BCUT2D eigenvalue weighted by Gasteiger charge is -2.52. The second-order valence-corrected chi connectivity index (χ2v) is 9.92. The molecule has 1 saturated carbocycles. The highest BCUT2D eigenvalue weighted by molar-refractivity contribution is 5.76. The molecule has 0 radical (unpaired) electrons. The number of rotatable bonds is 3. The molecule has 1 N–H and O–H groups in total. The number of para-hydroxylation sites is 1. The number of allylic oxidation sites excluding steroid dienone is 1. The second kappa shape index (κ2) is 7.69. The van der Waals surface area contributed by atoms with Gasteiger partial charge < -0.3 is 14.7 Å². The molecule has 162 valence electrons. The number of piperazine rings is 1. The van der Waals surface area contributed by atoms with Gasteiger partial charge in [-0.1, -0.05) is 43.7 Å². The molecule has 0 amide bonds. The monoisotopic (exact) mass is 410 g/mol. The lowest BCUT2D eigenvalue weighted by molar-refractivity contribution is -0.145. The smallest absolute Gasteiger partial charge is 0.311 e. The molecule has 0 aromatic heterocycles. The Morgan fingerprint density at radius 1 is 1.17 bits per heavy atom. The summed E-state index contributed by atoms with van der Waals surface area (Å²) in [5.74, 6) is 0.0115. The van der Waals surface area contributed by atoms with Crippen molar-refractivity contribution < 1.29 is 14.6 Å². The molecular weight excluding hydrogens is 376 g/mol. The van der Waals surface area contributed by atoms with Crippen LogP contribution >= 0.6 is 0 Å². The van der Waals surface area contributed by atoms with Crippen LogP contribution in [0.25, 0.3) is 0 Å². The van der Waals surface area contributed by atoms with Gasteiger partial charge in [-0.2, -0.15) is 0 Å². The molecule has 2 aliphatic carbocycles. The summed E-state index contributed by atoms with van der Waals surface area (Å²) in [7, 11) is 0. The first kappa shape index (κ1) is 20.1. The predicted molar refractivity (Wildman–Crippen MR) is 117 cm³/mol. The number of hydrogen-bond donors (Lipinski definition) is 1. The molecule has 5 rings (SSSR count). The fourth-order valence-electron chi connectivity index (χ4n) is 6.38. The minimum atomic E-state index is -0.514. The first-order chi connectivity index (χ1) is 14.5. The number of anilines is 1. The summed E-state index contributed by atoms with van der Waals surface area (Å²) < 4.78 is 5.83. The first-order valence-electron chi connectivity index (χ1n) is 11.6. The topological polar surface area (TPSA) is 53.0 Å². The van der Waals surface area contributed by atoms with Gasteiger partial charge >= 0.3 is 5.97 Å². The van der Waals surface area contributed by atoms with Crippen LogP contribution in [0.2, 0.25) is 0 Å². The van der Waals surface area contributed by atoms with Crippen LogP contribution < -0.4 is 4.90 Å². The van der Waals surface area contributed by atoms with Crippen molar-refractivity contribution in [3.05, 3.63) is 42.0 Å². The van der Waals surface area contributed by atoms with Crippen molar-refractivity contribution in [3.8, 4) is 0 Å². The Hall–Kier alpha value is -1.85. The van der Waals surface area contributed by atoms with Crippen molar-refractivity contribution in [2.24, 2.45) is 23.2 Å². The van der Waals surface area contributed by atoms with Gasteiger partial charge in [0.25, 0.3) is 0 Å². The van der Waals surface area contributed by atoms with Gasteiger partial charge in [-0.3, -0.25) is 9.69 Å². The van der Waals surface area contributed by atoms with E-state index in [0.717, 1.165) is 45.4 Å². The van der Waals surface area contributed by atoms with Crippen molar-refractivity contribution >= 4 is 11.7 Å². The molecule has 0 bridgehead atoms. The van der Waals surface area contributed by atoms with Crippen LogP contribution in [-0.2, 0) is 9.53 Å². The van der Waals surface area contributed by atoms with E-state index in [4.69, 9.17) is 4.74 Å². The maximum atomic E-state index is 12.8. The van der Waals surface area contributed by atoms with Gasteiger partial charge in [-0.25, -0.2) is 0 Å². The summed E-state index contributed by atoms with van der Waals surface area (Å²) in [6.45, 7) is 8.96. The highest BCUT2D eigenvalue weighted by Gasteiger charge is 2.59. The zero-order chi connectivity index (χ0) is 20.9. The third-order valence-corrected chi connectivity index (χ3v) is 8.52. The Morgan fingerprint density at radius 2 is 1.90 bits per heavy atom. The van der Waals surface area contributed by atoms with Gasteiger partial charge in [0.05, 0.1) is 12.0 Å². The summed E-state index contributed by atoms with van der Waals surface area (Å²) in [5, 5.41) is 11.5. The summed E-state index contributed by atoms with van der Waals surface area (Å²) in [6.07, 6.45) is 4.59. The lowest BCUT2D eigenvalue weighted by Crippen LogP contribution is -2.55. The van der Waals surface area contributed by atoms with E-state index < -0.39 is 6.10 Å². The van der Waals surface area contributed by atoms with E-state index in [0.29, 0.717) is 12.5 Å². The van der Waals surface area contributed by atoms with Gasteiger partial charge in [0.15, 0.2) is 0 Å². The minimum absolute atomic E-state index is 0.0904. The Labute approximate surface area is 179 Å². The molecule has 2 saturated heterocycles. The van der Waals surface area contributed by atoms with E-state index in [2.05, 4.69) is 54.0 Å². The SMILES string of the molecule is CC1CCC=C2C[C@H]3OC(=O)C(CN4CCN(c5ccccc5)CC4)[C@H]3C(O)[C@@]21C. The maximum absolute atomic E-state index is 12.8. The molecule has 2 heterocycles. The van der Waals surface area contributed by atoms with Crippen LogP contribution in [0.1, 0.15) is 33.1 Å². The van der Waals surface area contributed by atoms with Crippen LogP contribution in [0.5, 0.6) is 0 Å². The Kier molecular flexibility index (Phi) is 5.14. The number of nitrogens with zero attached hydrogens (tertiary/aromatic N) is 2. The van der Waals surface area contributed by atoms with E-state index in [1.165, 1.54) is 11.3 Å². The van der Waals surface area contributed by atoms with Gasteiger partial charge in [0.2, 0.25) is 0 Å². The lowest BCUT2D eigenvalue weighted by atomic mass is 9.55. The Bertz CT molecular complexity index is 817. The van der Waals surface area contributed by atoms with Crippen molar-refractivity contribution in [2.75, 3.05) is 37.6 Å². The molecule has 3 fully saturated rings.